The summed E-state index contributed by atoms with van der Waals surface area (Å²) in [5.74, 6) is 0.705. The van der Waals surface area contributed by atoms with Crippen LogP contribution in [0.15, 0.2) is 255 Å². The Hall–Kier alpha value is -8.98. The number of benzene rings is 12. The van der Waals surface area contributed by atoms with Gasteiger partial charge >= 0.3 is 0 Å². The predicted molar refractivity (Wildman–Crippen MR) is 288 cm³/mol. The summed E-state index contributed by atoms with van der Waals surface area (Å²) in [6.45, 7) is 0. The fourth-order valence-electron chi connectivity index (χ4n) is 10.2. The zero-order valence-electron chi connectivity index (χ0n) is 37.1. The van der Waals surface area contributed by atoms with Crippen LogP contribution in [-0.2, 0) is 0 Å². The lowest BCUT2D eigenvalue weighted by Gasteiger charge is -2.17. The highest BCUT2D eigenvalue weighted by molar-refractivity contribution is 6.23. The van der Waals surface area contributed by atoms with Crippen LogP contribution in [-0.4, -0.2) is 9.97 Å². The van der Waals surface area contributed by atoms with E-state index in [1.807, 2.05) is 18.2 Å². The number of nitrogens with zero attached hydrogens (tertiary/aromatic N) is 2. The summed E-state index contributed by atoms with van der Waals surface area (Å²) in [5, 5.41) is 12.6. The molecule has 0 amide bonds. The highest BCUT2D eigenvalue weighted by Gasteiger charge is 2.17. The molecule has 12 aromatic carbocycles. The highest BCUT2D eigenvalue weighted by Crippen LogP contribution is 2.44. The molecular weight excluding hydrogens is 821 g/mol. The van der Waals surface area contributed by atoms with Crippen molar-refractivity contribution >= 4 is 53.9 Å². The van der Waals surface area contributed by atoms with Crippen molar-refractivity contribution in [1.29, 1.82) is 0 Å². The first-order valence-corrected chi connectivity index (χ1v) is 23.3. The van der Waals surface area contributed by atoms with Crippen LogP contribution >= 0.6 is 0 Å². The van der Waals surface area contributed by atoms with Crippen LogP contribution in [0.4, 0.5) is 0 Å². The Kier molecular flexibility index (Phi) is 9.54. The molecule has 1 aromatic heterocycles. The maximum atomic E-state index is 5.12. The molecular formula is C66H42N2. The minimum Gasteiger partial charge on any atom is -0.228 e. The third-order valence-corrected chi connectivity index (χ3v) is 13.7. The predicted octanol–water partition coefficient (Wildman–Crippen LogP) is 17.9. The fraction of sp³-hybridized carbons (Fsp3) is 0. The van der Waals surface area contributed by atoms with Crippen molar-refractivity contribution in [3.8, 4) is 78.4 Å². The van der Waals surface area contributed by atoms with Crippen molar-refractivity contribution in [3.05, 3.63) is 255 Å². The molecule has 68 heavy (non-hydrogen) atoms. The van der Waals surface area contributed by atoms with Gasteiger partial charge in [0.2, 0.25) is 0 Å². The van der Waals surface area contributed by atoms with Crippen molar-refractivity contribution in [2.45, 2.75) is 0 Å². The Balaban J connectivity index is 0.824. The molecule has 0 unspecified atom stereocenters. The van der Waals surface area contributed by atoms with Gasteiger partial charge < -0.3 is 0 Å². The van der Waals surface area contributed by atoms with Crippen molar-refractivity contribution in [3.63, 3.8) is 0 Å². The van der Waals surface area contributed by atoms with Gasteiger partial charge in [-0.05, 0) is 117 Å². The van der Waals surface area contributed by atoms with Gasteiger partial charge in [-0.15, -0.1) is 0 Å². The third kappa shape index (κ3) is 6.99. The fourth-order valence-corrected chi connectivity index (χ4v) is 10.2. The molecule has 0 spiro atoms. The SMILES string of the molecule is c1ccc(-c2nc(-c3ccc(-c4ccc(-c5ccc(-c6c7ccccc7cc7c6ccc6ccccc67)c6ccccc56)cc4)cc3)cc(-c3ccc(-c4ccc5ccccc5c4)cc3)n2)cc1. The van der Waals surface area contributed by atoms with Gasteiger partial charge in [-0.3, -0.25) is 0 Å². The molecule has 0 aliphatic carbocycles. The Morgan fingerprint density at radius 3 is 1.35 bits per heavy atom. The normalized spacial score (nSPS) is 11.5. The van der Waals surface area contributed by atoms with Gasteiger partial charge in [0.25, 0.3) is 0 Å². The number of fused-ring (bicyclic) bond motifs is 6. The average Bonchev–Trinajstić information content (AvgIpc) is 3.42. The first kappa shape index (κ1) is 39.4. The summed E-state index contributed by atoms with van der Waals surface area (Å²) in [6.07, 6.45) is 0. The monoisotopic (exact) mass is 862 g/mol. The molecule has 0 aliphatic heterocycles. The van der Waals surface area contributed by atoms with Gasteiger partial charge in [-0.25, -0.2) is 9.97 Å². The maximum Gasteiger partial charge on any atom is 0.160 e. The van der Waals surface area contributed by atoms with Crippen LogP contribution in [0.3, 0.4) is 0 Å². The Labute approximate surface area is 395 Å². The summed E-state index contributed by atoms with van der Waals surface area (Å²) in [5.41, 5.74) is 14.5. The molecule has 0 aliphatic rings. The Bertz CT molecular complexity index is 4040. The van der Waals surface area contributed by atoms with E-state index in [1.165, 1.54) is 87.2 Å². The van der Waals surface area contributed by atoms with Crippen LogP contribution in [0.2, 0.25) is 0 Å². The summed E-state index contributed by atoms with van der Waals surface area (Å²) >= 11 is 0. The Morgan fingerprint density at radius 1 is 0.206 bits per heavy atom. The van der Waals surface area contributed by atoms with Crippen molar-refractivity contribution in [2.75, 3.05) is 0 Å². The molecule has 2 heteroatoms. The lowest BCUT2D eigenvalue weighted by Crippen LogP contribution is -1.96. The molecule has 0 saturated carbocycles. The van der Waals surface area contributed by atoms with E-state index in [2.05, 4.69) is 237 Å². The molecule has 13 rings (SSSR count). The number of aromatic nitrogens is 2. The lowest BCUT2D eigenvalue weighted by molar-refractivity contribution is 1.18. The van der Waals surface area contributed by atoms with Crippen LogP contribution in [0.1, 0.15) is 0 Å². The van der Waals surface area contributed by atoms with Gasteiger partial charge in [0.1, 0.15) is 0 Å². The van der Waals surface area contributed by atoms with Crippen LogP contribution in [0, 0.1) is 0 Å². The van der Waals surface area contributed by atoms with Crippen LogP contribution in [0.25, 0.3) is 132 Å². The maximum absolute atomic E-state index is 5.12. The summed E-state index contributed by atoms with van der Waals surface area (Å²) < 4.78 is 0. The van der Waals surface area contributed by atoms with Crippen LogP contribution < -0.4 is 0 Å². The number of hydrogen-bond acceptors (Lipinski definition) is 2. The van der Waals surface area contributed by atoms with Crippen molar-refractivity contribution in [2.24, 2.45) is 0 Å². The van der Waals surface area contributed by atoms with Gasteiger partial charge in [0.15, 0.2) is 5.82 Å². The smallest absolute Gasteiger partial charge is 0.160 e. The zero-order chi connectivity index (χ0) is 45.0. The molecule has 1 heterocycles. The molecule has 2 nitrogen and oxygen atoms in total. The zero-order valence-corrected chi connectivity index (χ0v) is 37.1. The molecule has 316 valence electrons. The van der Waals surface area contributed by atoms with E-state index in [9.17, 15) is 0 Å². The molecule has 0 N–H and O–H groups in total. The van der Waals surface area contributed by atoms with Crippen molar-refractivity contribution in [1.82, 2.24) is 9.97 Å². The van der Waals surface area contributed by atoms with Gasteiger partial charge in [-0.1, -0.05) is 237 Å². The molecule has 0 bridgehead atoms. The standard InChI is InChI=1S/C66H42N2/c1-2-14-51(15-3-1)66-67-63(42-64(68-66)50-33-26-46(27-34-50)53-35-28-43-12-4-5-16-52(43)40-53)49-31-24-45(25-32-49)44-22-29-48(30-23-44)56-38-39-60(59-21-11-10-20-58(56)59)65-57-19-9-7-17-54(57)41-62-55-18-8-6-13-47(55)36-37-61(62)65/h1-42H. The largest absolute Gasteiger partial charge is 0.228 e. The first-order chi connectivity index (χ1) is 33.7. The third-order valence-electron chi connectivity index (χ3n) is 13.7. The van der Waals surface area contributed by atoms with E-state index in [4.69, 9.17) is 9.97 Å². The molecule has 0 saturated heterocycles. The second-order valence-corrected chi connectivity index (χ2v) is 17.7. The molecule has 0 radical (unpaired) electrons. The van der Waals surface area contributed by atoms with Gasteiger partial charge in [-0.2, -0.15) is 0 Å². The van der Waals surface area contributed by atoms with E-state index in [0.717, 1.165) is 39.2 Å². The minimum absolute atomic E-state index is 0.705. The summed E-state index contributed by atoms with van der Waals surface area (Å²) in [7, 11) is 0. The number of rotatable bonds is 7. The van der Waals surface area contributed by atoms with Crippen LogP contribution in [0.5, 0.6) is 0 Å². The van der Waals surface area contributed by atoms with Gasteiger partial charge in [0.05, 0.1) is 11.4 Å². The van der Waals surface area contributed by atoms with E-state index < -0.39 is 0 Å². The first-order valence-electron chi connectivity index (χ1n) is 23.3. The van der Waals surface area contributed by atoms with E-state index in [0.29, 0.717) is 5.82 Å². The highest BCUT2D eigenvalue weighted by atomic mass is 14.9. The molecule has 0 atom stereocenters. The Morgan fingerprint density at radius 2 is 0.676 bits per heavy atom. The summed E-state index contributed by atoms with van der Waals surface area (Å²) in [6, 6.07) is 92.0. The second kappa shape index (κ2) is 16.5. The minimum atomic E-state index is 0.705. The lowest BCUT2D eigenvalue weighted by atomic mass is 9.86. The topological polar surface area (TPSA) is 25.8 Å². The number of hydrogen-bond donors (Lipinski definition) is 0. The van der Waals surface area contributed by atoms with E-state index in [1.54, 1.807) is 0 Å². The average molecular weight is 863 g/mol. The van der Waals surface area contributed by atoms with Crippen molar-refractivity contribution < 1.29 is 0 Å². The van der Waals surface area contributed by atoms with Gasteiger partial charge in [0, 0.05) is 16.7 Å². The summed E-state index contributed by atoms with van der Waals surface area (Å²) in [4.78, 5) is 10.2. The van der Waals surface area contributed by atoms with E-state index in [-0.39, 0.29) is 0 Å². The molecule has 0 fully saturated rings. The quantitative estimate of drug-likeness (QED) is 0.118. The second-order valence-electron chi connectivity index (χ2n) is 17.7. The molecule has 13 aromatic rings. The van der Waals surface area contributed by atoms with E-state index >= 15 is 0 Å².